The Hall–Kier alpha value is -3.41. The normalized spacial score (nSPS) is 10.8. The Morgan fingerprint density at radius 3 is 2.68 bits per heavy atom. The van der Waals surface area contributed by atoms with E-state index in [2.05, 4.69) is 15.1 Å². The van der Waals surface area contributed by atoms with Gasteiger partial charge < -0.3 is 14.0 Å². The van der Waals surface area contributed by atoms with Gasteiger partial charge in [-0.25, -0.2) is 0 Å². The van der Waals surface area contributed by atoms with Crippen LogP contribution in [0.2, 0.25) is 0 Å². The molecule has 0 radical (unpaired) electrons. The van der Waals surface area contributed by atoms with Crippen molar-refractivity contribution in [1.82, 2.24) is 15.1 Å². The molecule has 2 aromatic heterocycles. The van der Waals surface area contributed by atoms with E-state index in [1.54, 1.807) is 32.5 Å². The molecular weight excluding hydrogens is 318 g/mol. The quantitative estimate of drug-likeness (QED) is 0.563. The summed E-state index contributed by atoms with van der Waals surface area (Å²) in [5, 5.41) is 6.13. The van der Waals surface area contributed by atoms with Crippen LogP contribution in [0.25, 0.3) is 33.7 Å². The summed E-state index contributed by atoms with van der Waals surface area (Å²) in [4.78, 5) is 8.93. The van der Waals surface area contributed by atoms with Gasteiger partial charge in [-0.15, -0.1) is 0 Å². The molecule has 124 valence electrons. The van der Waals surface area contributed by atoms with E-state index < -0.39 is 0 Å². The third-order valence-corrected chi connectivity index (χ3v) is 3.95. The maximum atomic E-state index is 5.46. The topological polar surface area (TPSA) is 70.3 Å². The lowest BCUT2D eigenvalue weighted by Crippen LogP contribution is -1.91. The number of pyridine rings is 1. The van der Waals surface area contributed by atoms with Crippen molar-refractivity contribution in [3.63, 3.8) is 0 Å². The van der Waals surface area contributed by atoms with E-state index in [-0.39, 0.29) is 0 Å². The molecule has 0 aliphatic rings. The number of benzene rings is 2. The van der Waals surface area contributed by atoms with Gasteiger partial charge >= 0.3 is 0 Å². The summed E-state index contributed by atoms with van der Waals surface area (Å²) < 4.78 is 16.1. The van der Waals surface area contributed by atoms with Crippen LogP contribution in [0.4, 0.5) is 0 Å². The summed E-state index contributed by atoms with van der Waals surface area (Å²) in [5.41, 5.74) is 1.34. The third kappa shape index (κ3) is 2.67. The Morgan fingerprint density at radius 2 is 1.84 bits per heavy atom. The lowest BCUT2D eigenvalue weighted by molar-refractivity contribution is 0.397. The average Bonchev–Trinajstić information content (AvgIpc) is 3.16. The molecule has 0 aliphatic heterocycles. The fourth-order valence-electron chi connectivity index (χ4n) is 2.71. The highest BCUT2D eigenvalue weighted by molar-refractivity contribution is 5.92. The van der Waals surface area contributed by atoms with Crippen LogP contribution in [0.3, 0.4) is 0 Å². The van der Waals surface area contributed by atoms with E-state index in [0.717, 1.165) is 10.8 Å². The minimum Gasteiger partial charge on any atom is -0.497 e. The molecule has 2 heterocycles. The van der Waals surface area contributed by atoms with Gasteiger partial charge in [-0.05, 0) is 29.7 Å². The van der Waals surface area contributed by atoms with Gasteiger partial charge in [0.15, 0.2) is 0 Å². The molecule has 0 aliphatic carbocycles. The van der Waals surface area contributed by atoms with Crippen LogP contribution in [-0.2, 0) is 0 Å². The van der Waals surface area contributed by atoms with Crippen LogP contribution >= 0.6 is 0 Å². The number of hydrogen-bond donors (Lipinski definition) is 0. The van der Waals surface area contributed by atoms with E-state index in [4.69, 9.17) is 14.0 Å². The van der Waals surface area contributed by atoms with Crippen molar-refractivity contribution >= 4 is 10.8 Å². The second kappa shape index (κ2) is 6.24. The lowest BCUT2D eigenvalue weighted by atomic mass is 10.1. The summed E-state index contributed by atoms with van der Waals surface area (Å²) in [6, 6.07) is 15.3. The van der Waals surface area contributed by atoms with Crippen molar-refractivity contribution in [1.29, 1.82) is 0 Å². The Kier molecular flexibility index (Phi) is 3.78. The Bertz CT molecular complexity index is 1040. The molecule has 2 aromatic carbocycles. The number of ether oxygens (including phenoxy) is 2. The number of methoxy groups -OCH3 is 2. The maximum Gasteiger partial charge on any atom is 0.262 e. The van der Waals surface area contributed by atoms with Crippen molar-refractivity contribution in [3.8, 4) is 34.5 Å². The van der Waals surface area contributed by atoms with Crippen LogP contribution in [0.15, 0.2) is 59.3 Å². The van der Waals surface area contributed by atoms with E-state index in [1.165, 1.54) is 0 Å². The fourth-order valence-corrected chi connectivity index (χ4v) is 2.71. The molecule has 0 amide bonds. The van der Waals surface area contributed by atoms with E-state index in [1.807, 2.05) is 36.4 Å². The van der Waals surface area contributed by atoms with E-state index in [0.29, 0.717) is 34.5 Å². The average molecular weight is 333 g/mol. The second-order valence-corrected chi connectivity index (χ2v) is 5.37. The van der Waals surface area contributed by atoms with Gasteiger partial charge in [0, 0.05) is 11.6 Å². The highest BCUT2D eigenvalue weighted by Gasteiger charge is 2.17. The van der Waals surface area contributed by atoms with Crippen molar-refractivity contribution in [2.24, 2.45) is 0 Å². The molecule has 6 heteroatoms. The number of hydrogen-bond acceptors (Lipinski definition) is 6. The Labute approximate surface area is 144 Å². The fraction of sp³-hybridized carbons (Fsp3) is 0.105. The Balaban J connectivity index is 1.83. The molecule has 0 saturated carbocycles. The molecule has 0 saturated heterocycles. The first-order valence-electron chi connectivity index (χ1n) is 7.70. The minimum absolute atomic E-state index is 0.348. The third-order valence-electron chi connectivity index (χ3n) is 3.95. The maximum absolute atomic E-state index is 5.46. The summed E-state index contributed by atoms with van der Waals surface area (Å²) in [6.45, 7) is 0. The van der Waals surface area contributed by atoms with Crippen LogP contribution < -0.4 is 9.47 Å². The van der Waals surface area contributed by atoms with Gasteiger partial charge in [0.05, 0.1) is 19.8 Å². The zero-order chi connectivity index (χ0) is 17.2. The zero-order valence-electron chi connectivity index (χ0n) is 13.8. The molecule has 0 spiro atoms. The summed E-state index contributed by atoms with van der Waals surface area (Å²) in [5.74, 6) is 2.08. The van der Waals surface area contributed by atoms with Crippen molar-refractivity contribution in [3.05, 3.63) is 54.7 Å². The molecule has 6 nitrogen and oxygen atoms in total. The van der Waals surface area contributed by atoms with E-state index in [9.17, 15) is 0 Å². The van der Waals surface area contributed by atoms with Crippen molar-refractivity contribution in [2.75, 3.05) is 14.2 Å². The molecule has 0 fully saturated rings. The smallest absolute Gasteiger partial charge is 0.262 e. The van der Waals surface area contributed by atoms with Crippen molar-refractivity contribution < 1.29 is 14.0 Å². The summed E-state index contributed by atoms with van der Waals surface area (Å²) in [6.07, 6.45) is 1.74. The number of fused-ring (bicyclic) bond motifs is 1. The van der Waals surface area contributed by atoms with Gasteiger partial charge in [-0.1, -0.05) is 29.4 Å². The van der Waals surface area contributed by atoms with Crippen LogP contribution in [0, 0.1) is 0 Å². The summed E-state index contributed by atoms with van der Waals surface area (Å²) in [7, 11) is 3.19. The highest BCUT2D eigenvalue weighted by atomic mass is 16.5. The second-order valence-electron chi connectivity index (χ2n) is 5.37. The number of aromatic nitrogens is 3. The standard InChI is InChI=1S/C19H15N3O3/c1-23-13-7-8-16(24-2)15(11-13)19-21-18(22-25-19)17-14-6-4-3-5-12(14)9-10-20-17/h3-11H,1-2H3. The van der Waals surface area contributed by atoms with Gasteiger partial charge in [0.1, 0.15) is 17.2 Å². The number of rotatable bonds is 4. The largest absolute Gasteiger partial charge is 0.497 e. The summed E-state index contributed by atoms with van der Waals surface area (Å²) >= 11 is 0. The predicted octanol–water partition coefficient (Wildman–Crippen LogP) is 3.97. The molecule has 25 heavy (non-hydrogen) atoms. The molecular formula is C19H15N3O3. The Morgan fingerprint density at radius 1 is 0.960 bits per heavy atom. The van der Waals surface area contributed by atoms with Gasteiger partial charge in [-0.2, -0.15) is 4.98 Å². The molecule has 0 bridgehead atoms. The van der Waals surface area contributed by atoms with Crippen LogP contribution in [0.1, 0.15) is 0 Å². The molecule has 0 atom stereocenters. The SMILES string of the molecule is COc1ccc(OC)c(-c2nc(-c3nccc4ccccc34)no2)c1. The molecule has 0 unspecified atom stereocenters. The minimum atomic E-state index is 0.348. The monoisotopic (exact) mass is 333 g/mol. The number of nitrogens with zero attached hydrogens (tertiary/aromatic N) is 3. The molecule has 4 rings (SSSR count). The van der Waals surface area contributed by atoms with Crippen LogP contribution in [-0.4, -0.2) is 29.3 Å². The van der Waals surface area contributed by atoms with Gasteiger partial charge in [0.25, 0.3) is 5.89 Å². The highest BCUT2D eigenvalue weighted by Crippen LogP contribution is 2.34. The first-order valence-corrected chi connectivity index (χ1v) is 7.70. The molecule has 0 N–H and O–H groups in total. The van der Waals surface area contributed by atoms with E-state index >= 15 is 0 Å². The van der Waals surface area contributed by atoms with Crippen LogP contribution in [0.5, 0.6) is 11.5 Å². The van der Waals surface area contributed by atoms with Gasteiger partial charge in [-0.3, -0.25) is 4.98 Å². The lowest BCUT2D eigenvalue weighted by Gasteiger charge is -2.06. The van der Waals surface area contributed by atoms with Gasteiger partial charge in [0.2, 0.25) is 5.82 Å². The molecule has 4 aromatic rings. The predicted molar refractivity (Wildman–Crippen MR) is 93.6 cm³/mol. The van der Waals surface area contributed by atoms with Crippen molar-refractivity contribution in [2.45, 2.75) is 0 Å². The zero-order valence-corrected chi connectivity index (χ0v) is 13.8. The first kappa shape index (κ1) is 15.1. The first-order chi connectivity index (χ1) is 12.3.